The molecule has 2 heterocycles. The van der Waals surface area contributed by atoms with E-state index in [4.69, 9.17) is 5.11 Å². The Labute approximate surface area is 59.3 Å². The van der Waals surface area contributed by atoms with Crippen LogP contribution in [0, 0.1) is 0 Å². The summed E-state index contributed by atoms with van der Waals surface area (Å²) in [5.74, 6) is 0. The number of hydrogen-bond acceptors (Lipinski definition) is 4. The number of aliphatic imine (C=N–C) groups is 1. The maximum absolute atomic E-state index is 9.14. The average Bonchev–Trinajstić information content (AvgIpc) is 2.33. The van der Waals surface area contributed by atoms with Gasteiger partial charge in [0.05, 0.1) is 12.4 Å². The van der Waals surface area contributed by atoms with Crippen LogP contribution in [0.2, 0.25) is 0 Å². The molecule has 0 saturated carbocycles. The molecule has 3 N–H and O–H groups in total. The summed E-state index contributed by atoms with van der Waals surface area (Å²) in [6.45, 7) is 0. The average molecular weight is 141 g/mol. The van der Waals surface area contributed by atoms with Crippen molar-refractivity contribution in [3.05, 3.63) is 0 Å². The first-order valence-electron chi connectivity index (χ1n) is 3.58. The van der Waals surface area contributed by atoms with Gasteiger partial charge in [-0.3, -0.25) is 10.3 Å². The Morgan fingerprint density at radius 2 is 2.40 bits per heavy atom. The van der Waals surface area contributed by atoms with E-state index in [-0.39, 0.29) is 12.4 Å². The molecule has 0 radical (unpaired) electrons. The predicted octanol–water partition coefficient (Wildman–Crippen LogP) is -0.986. The van der Waals surface area contributed by atoms with Crippen LogP contribution in [-0.4, -0.2) is 29.9 Å². The van der Waals surface area contributed by atoms with E-state index in [1.165, 1.54) is 0 Å². The molecular formula is C6H11N3O. The van der Waals surface area contributed by atoms with Crippen LogP contribution in [0.25, 0.3) is 0 Å². The number of aliphatic hydroxyl groups excluding tert-OH is 1. The fourth-order valence-corrected chi connectivity index (χ4v) is 1.43. The third-order valence-electron chi connectivity index (χ3n) is 2.02. The second kappa shape index (κ2) is 2.21. The monoisotopic (exact) mass is 141 g/mol. The van der Waals surface area contributed by atoms with E-state index in [0.29, 0.717) is 6.04 Å². The van der Waals surface area contributed by atoms with Gasteiger partial charge in [0.1, 0.15) is 12.4 Å². The first kappa shape index (κ1) is 6.12. The van der Waals surface area contributed by atoms with Crippen molar-refractivity contribution in [2.45, 2.75) is 31.3 Å². The van der Waals surface area contributed by atoms with Crippen LogP contribution in [0.1, 0.15) is 12.8 Å². The maximum Gasteiger partial charge on any atom is 0.123 e. The van der Waals surface area contributed by atoms with Gasteiger partial charge in [0, 0.05) is 0 Å². The molecule has 2 aliphatic heterocycles. The lowest BCUT2D eigenvalue weighted by Crippen LogP contribution is -2.50. The molecule has 3 atom stereocenters. The summed E-state index contributed by atoms with van der Waals surface area (Å²) in [4.78, 5) is 4.10. The third-order valence-corrected chi connectivity index (χ3v) is 2.02. The number of nitrogens with one attached hydrogen (secondary N) is 2. The van der Waals surface area contributed by atoms with Crippen molar-refractivity contribution in [3.8, 4) is 0 Å². The third kappa shape index (κ3) is 0.892. The van der Waals surface area contributed by atoms with E-state index >= 15 is 0 Å². The summed E-state index contributed by atoms with van der Waals surface area (Å²) in [5.41, 5.74) is 0. The van der Waals surface area contributed by atoms with Crippen LogP contribution >= 0.6 is 0 Å². The normalized spacial score (nSPS) is 44.7. The number of nitrogens with zero attached hydrogens (tertiary/aromatic N) is 1. The van der Waals surface area contributed by atoms with Crippen molar-refractivity contribution >= 4 is 6.34 Å². The van der Waals surface area contributed by atoms with Crippen LogP contribution in [0.15, 0.2) is 4.99 Å². The minimum absolute atomic E-state index is 0.101. The van der Waals surface area contributed by atoms with E-state index in [1.54, 1.807) is 6.34 Å². The van der Waals surface area contributed by atoms with Gasteiger partial charge in [-0.05, 0) is 12.8 Å². The molecule has 56 valence electrons. The van der Waals surface area contributed by atoms with Gasteiger partial charge in [0.25, 0.3) is 0 Å². The van der Waals surface area contributed by atoms with Crippen molar-refractivity contribution < 1.29 is 5.11 Å². The summed E-state index contributed by atoms with van der Waals surface area (Å²) < 4.78 is 0. The fraction of sp³-hybridized carbons (Fsp3) is 0.833. The number of hydrogen-bond donors (Lipinski definition) is 3. The van der Waals surface area contributed by atoms with E-state index in [1.807, 2.05) is 0 Å². The van der Waals surface area contributed by atoms with Crippen molar-refractivity contribution in [1.29, 1.82) is 0 Å². The zero-order valence-electron chi connectivity index (χ0n) is 5.62. The van der Waals surface area contributed by atoms with Crippen molar-refractivity contribution in [3.63, 3.8) is 0 Å². The van der Waals surface area contributed by atoms with Gasteiger partial charge in [0.2, 0.25) is 0 Å². The molecule has 4 nitrogen and oxygen atoms in total. The molecule has 0 aromatic rings. The minimum atomic E-state index is -0.363. The Bertz CT molecular complexity index is 159. The van der Waals surface area contributed by atoms with E-state index in [9.17, 15) is 0 Å². The SMILES string of the molecule is OC1CCC2NC=NC2N1. The minimum Gasteiger partial charge on any atom is -0.379 e. The Hall–Kier alpha value is -0.610. The Balaban J connectivity index is 2.01. The molecule has 0 bridgehead atoms. The smallest absolute Gasteiger partial charge is 0.123 e. The van der Waals surface area contributed by atoms with E-state index < -0.39 is 0 Å². The molecule has 10 heavy (non-hydrogen) atoms. The Morgan fingerprint density at radius 1 is 1.50 bits per heavy atom. The van der Waals surface area contributed by atoms with Crippen LogP contribution < -0.4 is 10.6 Å². The topological polar surface area (TPSA) is 56.6 Å². The molecule has 0 aromatic heterocycles. The predicted molar refractivity (Wildman–Crippen MR) is 37.6 cm³/mol. The van der Waals surface area contributed by atoms with Crippen LogP contribution in [-0.2, 0) is 0 Å². The lowest BCUT2D eigenvalue weighted by atomic mass is 10.0. The number of aliphatic hydroxyl groups is 1. The molecule has 1 saturated heterocycles. The highest BCUT2D eigenvalue weighted by atomic mass is 16.3. The number of piperidine rings is 1. The lowest BCUT2D eigenvalue weighted by molar-refractivity contribution is 0.0793. The zero-order chi connectivity index (χ0) is 6.97. The van der Waals surface area contributed by atoms with Crippen LogP contribution in [0.5, 0.6) is 0 Å². The summed E-state index contributed by atoms with van der Waals surface area (Å²) in [7, 11) is 0. The molecule has 3 unspecified atom stereocenters. The Morgan fingerprint density at radius 3 is 3.30 bits per heavy atom. The quantitative estimate of drug-likeness (QED) is 0.406. The highest BCUT2D eigenvalue weighted by molar-refractivity contribution is 5.58. The summed E-state index contributed by atoms with van der Waals surface area (Å²) in [5, 5.41) is 15.2. The second-order valence-electron chi connectivity index (χ2n) is 2.76. The molecule has 0 aliphatic carbocycles. The summed E-state index contributed by atoms with van der Waals surface area (Å²) in [6, 6.07) is 0.406. The number of rotatable bonds is 0. The number of fused-ring (bicyclic) bond motifs is 1. The van der Waals surface area contributed by atoms with E-state index in [0.717, 1.165) is 12.8 Å². The second-order valence-corrected chi connectivity index (χ2v) is 2.76. The summed E-state index contributed by atoms with van der Waals surface area (Å²) in [6.07, 6.45) is 3.26. The molecule has 2 rings (SSSR count). The van der Waals surface area contributed by atoms with Gasteiger partial charge < -0.3 is 10.4 Å². The first-order chi connectivity index (χ1) is 4.86. The van der Waals surface area contributed by atoms with Crippen molar-refractivity contribution in [2.75, 3.05) is 0 Å². The first-order valence-corrected chi connectivity index (χ1v) is 3.58. The highest BCUT2D eigenvalue weighted by Gasteiger charge is 2.29. The summed E-state index contributed by atoms with van der Waals surface area (Å²) >= 11 is 0. The molecule has 2 aliphatic rings. The van der Waals surface area contributed by atoms with E-state index in [2.05, 4.69) is 15.6 Å². The molecule has 0 spiro atoms. The van der Waals surface area contributed by atoms with Crippen LogP contribution in [0.3, 0.4) is 0 Å². The van der Waals surface area contributed by atoms with Gasteiger partial charge in [-0.1, -0.05) is 0 Å². The largest absolute Gasteiger partial charge is 0.379 e. The van der Waals surface area contributed by atoms with Gasteiger partial charge in [-0.15, -0.1) is 0 Å². The van der Waals surface area contributed by atoms with Crippen LogP contribution in [0.4, 0.5) is 0 Å². The molecule has 0 aromatic carbocycles. The molecule has 4 heteroatoms. The highest BCUT2D eigenvalue weighted by Crippen LogP contribution is 2.14. The standard InChI is InChI=1S/C6H11N3O/c10-5-2-1-4-6(9-5)8-3-7-4/h3-6,9-10H,1-2H2,(H,7,8). The maximum atomic E-state index is 9.14. The zero-order valence-corrected chi connectivity index (χ0v) is 5.62. The fourth-order valence-electron chi connectivity index (χ4n) is 1.43. The molecule has 1 fully saturated rings. The van der Waals surface area contributed by atoms with Gasteiger partial charge >= 0.3 is 0 Å². The molecule has 0 amide bonds. The van der Waals surface area contributed by atoms with Crippen molar-refractivity contribution in [2.24, 2.45) is 4.99 Å². The van der Waals surface area contributed by atoms with Crippen molar-refractivity contribution in [1.82, 2.24) is 10.6 Å². The Kier molecular flexibility index (Phi) is 1.35. The van der Waals surface area contributed by atoms with Gasteiger partial charge in [-0.2, -0.15) is 0 Å². The van der Waals surface area contributed by atoms with Gasteiger partial charge in [-0.25, -0.2) is 0 Å². The lowest BCUT2D eigenvalue weighted by Gasteiger charge is -2.28. The molecular weight excluding hydrogens is 130 g/mol. The van der Waals surface area contributed by atoms with Gasteiger partial charge in [0.15, 0.2) is 0 Å².